The molecule has 0 unspecified atom stereocenters. The molecule has 1 spiro atoms. The van der Waals surface area contributed by atoms with Crippen LogP contribution in [0, 0.1) is 0 Å². The van der Waals surface area contributed by atoms with E-state index in [9.17, 15) is 8.42 Å². The number of hydrogen-bond donors (Lipinski definition) is 0. The molecule has 0 amide bonds. The Bertz CT molecular complexity index is 1010. The number of hydrogen-bond acceptors (Lipinski definition) is 5. The number of piperidine rings is 1. The Morgan fingerprint density at radius 2 is 1.60 bits per heavy atom. The summed E-state index contributed by atoms with van der Waals surface area (Å²) in [5, 5.41) is 0. The summed E-state index contributed by atoms with van der Waals surface area (Å²) in [6.07, 6.45) is 5.28. The predicted molar refractivity (Wildman–Crippen MR) is 120 cm³/mol. The maximum atomic E-state index is 11.3. The second-order valence-electron chi connectivity index (χ2n) is 9.58. The van der Waals surface area contributed by atoms with E-state index in [4.69, 9.17) is 8.92 Å². The van der Waals surface area contributed by atoms with Crippen LogP contribution in [0.1, 0.15) is 45.6 Å². The third-order valence-electron chi connectivity index (χ3n) is 6.30. The van der Waals surface area contributed by atoms with Crippen LogP contribution in [0.25, 0.3) is 11.1 Å². The molecule has 5 nitrogen and oxygen atoms in total. The zero-order chi connectivity index (χ0) is 21.6. The summed E-state index contributed by atoms with van der Waals surface area (Å²) in [5.74, 6) is 1.33. The Balaban J connectivity index is 1.47. The number of rotatable bonds is 3. The van der Waals surface area contributed by atoms with Gasteiger partial charge in [0.05, 0.1) is 6.26 Å². The average molecular weight is 430 g/mol. The van der Waals surface area contributed by atoms with Gasteiger partial charge in [0.15, 0.2) is 0 Å². The Kier molecular flexibility index (Phi) is 5.35. The highest BCUT2D eigenvalue weighted by atomic mass is 32.2. The fourth-order valence-corrected chi connectivity index (χ4v) is 4.98. The highest BCUT2D eigenvalue weighted by molar-refractivity contribution is 7.86. The third kappa shape index (κ3) is 4.65. The van der Waals surface area contributed by atoms with Crippen molar-refractivity contribution in [3.05, 3.63) is 48.0 Å². The topological polar surface area (TPSA) is 55.8 Å². The van der Waals surface area contributed by atoms with E-state index in [1.807, 2.05) is 12.1 Å². The zero-order valence-electron chi connectivity index (χ0n) is 18.3. The summed E-state index contributed by atoms with van der Waals surface area (Å²) in [5.41, 5.74) is 3.55. The van der Waals surface area contributed by atoms with Crippen LogP contribution in [-0.2, 0) is 16.5 Å². The van der Waals surface area contributed by atoms with Crippen molar-refractivity contribution in [2.24, 2.45) is 0 Å². The van der Waals surface area contributed by atoms with Crippen LogP contribution in [0.4, 0.5) is 0 Å². The first kappa shape index (κ1) is 21.2. The summed E-state index contributed by atoms with van der Waals surface area (Å²) in [4.78, 5) is 2.55. The molecule has 0 saturated carbocycles. The lowest BCUT2D eigenvalue weighted by Gasteiger charge is -2.48. The van der Waals surface area contributed by atoms with Crippen molar-refractivity contribution in [1.29, 1.82) is 0 Å². The van der Waals surface area contributed by atoms with Gasteiger partial charge in [0.25, 0.3) is 0 Å². The van der Waals surface area contributed by atoms with Crippen molar-refractivity contribution >= 4 is 10.1 Å². The van der Waals surface area contributed by atoms with Gasteiger partial charge in [-0.25, -0.2) is 0 Å². The molecule has 0 atom stereocenters. The van der Waals surface area contributed by atoms with Crippen molar-refractivity contribution < 1.29 is 17.3 Å². The Morgan fingerprint density at radius 1 is 0.967 bits per heavy atom. The number of ether oxygens (including phenoxy) is 1. The Labute approximate surface area is 180 Å². The van der Waals surface area contributed by atoms with Crippen molar-refractivity contribution in [3.63, 3.8) is 0 Å². The summed E-state index contributed by atoms with van der Waals surface area (Å²) < 4.78 is 34.0. The second-order valence-corrected chi connectivity index (χ2v) is 11.2. The van der Waals surface area contributed by atoms with Crippen molar-refractivity contribution in [1.82, 2.24) is 4.90 Å². The largest absolute Gasteiger partial charge is 0.487 e. The number of benzene rings is 2. The zero-order valence-corrected chi connectivity index (χ0v) is 19.1. The minimum atomic E-state index is -3.51. The van der Waals surface area contributed by atoms with Gasteiger partial charge in [0.1, 0.15) is 17.1 Å². The molecule has 2 heterocycles. The molecule has 0 N–H and O–H groups in total. The third-order valence-corrected chi connectivity index (χ3v) is 6.79. The predicted octanol–water partition coefficient (Wildman–Crippen LogP) is 4.65. The van der Waals surface area contributed by atoms with Gasteiger partial charge in [-0.05, 0) is 87.4 Å². The normalized spacial score (nSPS) is 19.2. The van der Waals surface area contributed by atoms with Gasteiger partial charge in [0.2, 0.25) is 0 Å². The summed E-state index contributed by atoms with van der Waals surface area (Å²) in [6, 6.07) is 13.5. The van der Waals surface area contributed by atoms with Crippen molar-refractivity contribution in [3.8, 4) is 22.6 Å². The molecule has 2 aromatic carbocycles. The maximum absolute atomic E-state index is 11.3. The summed E-state index contributed by atoms with van der Waals surface area (Å²) >= 11 is 0. The van der Waals surface area contributed by atoms with Crippen LogP contribution in [0.2, 0.25) is 0 Å². The molecule has 0 aromatic heterocycles. The van der Waals surface area contributed by atoms with Gasteiger partial charge in [-0.1, -0.05) is 18.2 Å². The number of nitrogens with zero attached hydrogens (tertiary/aromatic N) is 1. The lowest BCUT2D eigenvalue weighted by Crippen LogP contribution is -2.54. The van der Waals surface area contributed by atoms with Gasteiger partial charge in [-0.15, -0.1) is 0 Å². The van der Waals surface area contributed by atoms with Gasteiger partial charge in [0, 0.05) is 18.6 Å². The van der Waals surface area contributed by atoms with E-state index in [-0.39, 0.29) is 11.1 Å². The number of aryl methyl sites for hydroxylation is 1. The van der Waals surface area contributed by atoms with Crippen LogP contribution in [0.3, 0.4) is 0 Å². The lowest BCUT2D eigenvalue weighted by atomic mass is 9.81. The van der Waals surface area contributed by atoms with E-state index < -0.39 is 10.1 Å². The molecule has 4 rings (SSSR count). The van der Waals surface area contributed by atoms with Gasteiger partial charge in [-0.2, -0.15) is 8.42 Å². The molecule has 30 heavy (non-hydrogen) atoms. The number of likely N-dealkylation sites (tertiary alicyclic amines) is 1. The van der Waals surface area contributed by atoms with Crippen molar-refractivity contribution in [2.45, 2.75) is 57.6 Å². The first-order valence-electron chi connectivity index (χ1n) is 10.6. The molecule has 2 aromatic rings. The molecular weight excluding hydrogens is 398 g/mol. The monoisotopic (exact) mass is 429 g/mol. The Hall–Kier alpha value is -2.05. The Morgan fingerprint density at radius 3 is 2.20 bits per heavy atom. The second kappa shape index (κ2) is 7.57. The van der Waals surface area contributed by atoms with Gasteiger partial charge >= 0.3 is 10.1 Å². The fraction of sp³-hybridized carbons (Fsp3) is 0.500. The molecular formula is C24H31NO4S. The van der Waals surface area contributed by atoms with E-state index in [0.717, 1.165) is 61.9 Å². The molecule has 0 bridgehead atoms. The molecule has 6 heteroatoms. The van der Waals surface area contributed by atoms with E-state index in [1.54, 1.807) is 12.1 Å². The summed E-state index contributed by atoms with van der Waals surface area (Å²) in [7, 11) is -3.51. The molecule has 0 radical (unpaired) electrons. The van der Waals surface area contributed by atoms with Crippen LogP contribution in [-0.4, -0.2) is 43.8 Å². The van der Waals surface area contributed by atoms with Gasteiger partial charge < -0.3 is 8.92 Å². The fourth-order valence-electron chi connectivity index (χ4n) is 4.52. The lowest BCUT2D eigenvalue weighted by molar-refractivity contribution is -0.0355. The maximum Gasteiger partial charge on any atom is 0.306 e. The minimum Gasteiger partial charge on any atom is -0.487 e. The van der Waals surface area contributed by atoms with E-state index in [1.165, 1.54) is 5.56 Å². The highest BCUT2D eigenvalue weighted by Gasteiger charge is 2.41. The molecule has 1 saturated heterocycles. The van der Waals surface area contributed by atoms with E-state index in [2.05, 4.69) is 43.9 Å². The molecule has 2 aliphatic rings. The minimum absolute atomic E-state index is 0.0269. The quantitative estimate of drug-likeness (QED) is 0.665. The first-order valence-corrected chi connectivity index (χ1v) is 12.4. The number of fused-ring (bicyclic) bond motifs is 1. The van der Waals surface area contributed by atoms with Crippen LogP contribution >= 0.6 is 0 Å². The summed E-state index contributed by atoms with van der Waals surface area (Å²) in [6.45, 7) is 9.01. The standard InChI is InChI=1S/C24H31NO4S/c1-23(2,3)25-15-13-24(14-16-25)12-11-20-17-19(7-10-22(20)28-24)18-5-8-21(9-6-18)29-30(4,26)27/h5-10,17H,11-16H2,1-4H3. The molecule has 2 aliphatic heterocycles. The SMILES string of the molecule is CC(C)(C)N1CCC2(CCc3cc(-c4ccc(OS(C)(=O)=O)cc4)ccc3O2)CC1. The van der Waals surface area contributed by atoms with Crippen LogP contribution in [0.5, 0.6) is 11.5 Å². The van der Waals surface area contributed by atoms with Crippen LogP contribution in [0.15, 0.2) is 42.5 Å². The van der Waals surface area contributed by atoms with E-state index in [0.29, 0.717) is 5.75 Å². The molecule has 162 valence electrons. The van der Waals surface area contributed by atoms with Gasteiger partial charge in [-0.3, -0.25) is 4.90 Å². The smallest absolute Gasteiger partial charge is 0.306 e. The molecule has 1 fully saturated rings. The first-order chi connectivity index (χ1) is 14.0. The van der Waals surface area contributed by atoms with Crippen LogP contribution < -0.4 is 8.92 Å². The highest BCUT2D eigenvalue weighted by Crippen LogP contribution is 2.41. The average Bonchev–Trinajstić information content (AvgIpc) is 2.67. The molecule has 0 aliphatic carbocycles. The van der Waals surface area contributed by atoms with Crippen molar-refractivity contribution in [2.75, 3.05) is 19.3 Å². The van der Waals surface area contributed by atoms with E-state index >= 15 is 0 Å².